The van der Waals surface area contributed by atoms with Crippen LogP contribution in [0.25, 0.3) is 0 Å². The molecular weight excluding hydrogens is 262 g/mol. The zero-order chi connectivity index (χ0) is 15.2. The molecule has 1 saturated heterocycles. The molecule has 0 amide bonds. The Kier molecular flexibility index (Phi) is 5.35. The molecule has 0 saturated carbocycles. The second-order valence-corrected chi connectivity index (χ2v) is 5.58. The number of nitrogens with zero attached hydrogens (tertiary/aromatic N) is 3. The monoisotopic (exact) mass is 285 g/mol. The molecule has 112 valence electrons. The van der Waals surface area contributed by atoms with Crippen LogP contribution in [0, 0.1) is 11.3 Å². The predicted octanol–water partition coefficient (Wildman–Crippen LogP) is 2.68. The number of nitriles is 1. The number of ketones is 1. The summed E-state index contributed by atoms with van der Waals surface area (Å²) >= 11 is 0. The van der Waals surface area contributed by atoms with E-state index in [-0.39, 0.29) is 5.78 Å². The van der Waals surface area contributed by atoms with Gasteiger partial charge in [0.1, 0.15) is 0 Å². The summed E-state index contributed by atoms with van der Waals surface area (Å²) in [6, 6.07) is 7.53. The summed E-state index contributed by atoms with van der Waals surface area (Å²) in [5, 5.41) is 9.10. The van der Waals surface area contributed by atoms with Gasteiger partial charge in [-0.3, -0.25) is 4.79 Å². The van der Waals surface area contributed by atoms with Gasteiger partial charge < -0.3 is 9.80 Å². The average molecular weight is 285 g/mol. The molecule has 4 heteroatoms. The van der Waals surface area contributed by atoms with Crippen molar-refractivity contribution >= 4 is 11.5 Å². The molecule has 1 aromatic rings. The van der Waals surface area contributed by atoms with Crippen LogP contribution in [0.2, 0.25) is 0 Å². The third-order valence-corrected chi connectivity index (χ3v) is 3.98. The van der Waals surface area contributed by atoms with Crippen LogP contribution in [0.4, 0.5) is 5.69 Å². The summed E-state index contributed by atoms with van der Waals surface area (Å²) < 4.78 is 0. The number of rotatable bonds is 4. The smallest absolute Gasteiger partial charge is 0.161 e. The fraction of sp³-hybridized carbons (Fsp3) is 0.529. The van der Waals surface area contributed by atoms with Crippen molar-refractivity contribution in [1.29, 1.82) is 5.26 Å². The molecule has 0 aliphatic carbocycles. The molecule has 1 aromatic carbocycles. The lowest BCUT2D eigenvalue weighted by molar-refractivity contribution is 0.101. The summed E-state index contributed by atoms with van der Waals surface area (Å²) in [5.74, 6) is 0.0594. The number of hydrogen-bond donors (Lipinski definition) is 0. The predicted molar refractivity (Wildman–Crippen MR) is 84.7 cm³/mol. The highest BCUT2D eigenvalue weighted by Gasteiger charge is 2.18. The molecule has 0 N–H and O–H groups in total. The molecule has 0 atom stereocenters. The molecule has 2 rings (SSSR count). The average Bonchev–Trinajstić information content (AvgIpc) is 2.72. The van der Waals surface area contributed by atoms with Crippen molar-refractivity contribution in [3.8, 4) is 6.07 Å². The lowest BCUT2D eigenvalue weighted by Crippen LogP contribution is -2.31. The maximum Gasteiger partial charge on any atom is 0.161 e. The third-order valence-electron chi connectivity index (χ3n) is 3.98. The highest BCUT2D eigenvalue weighted by Crippen LogP contribution is 2.24. The Labute approximate surface area is 127 Å². The normalized spacial score (nSPS) is 16.3. The van der Waals surface area contributed by atoms with E-state index in [0.29, 0.717) is 5.56 Å². The second kappa shape index (κ2) is 7.24. The highest BCUT2D eigenvalue weighted by atomic mass is 16.1. The standard InChI is InChI=1S/C17H23N3O/c1-3-7-19-8-4-9-20(11-10-19)17-12-15(13-18)5-6-16(17)14(2)21/h5-6,12H,3-4,7-11H2,1-2H3. The van der Waals surface area contributed by atoms with Crippen molar-refractivity contribution < 1.29 is 4.79 Å². The summed E-state index contributed by atoms with van der Waals surface area (Å²) in [6.07, 6.45) is 2.26. The summed E-state index contributed by atoms with van der Waals surface area (Å²) in [7, 11) is 0. The lowest BCUT2D eigenvalue weighted by atomic mass is 10.1. The van der Waals surface area contributed by atoms with Gasteiger partial charge in [-0.1, -0.05) is 6.92 Å². The molecule has 21 heavy (non-hydrogen) atoms. The molecule has 0 bridgehead atoms. The van der Waals surface area contributed by atoms with Gasteiger partial charge >= 0.3 is 0 Å². The third kappa shape index (κ3) is 3.83. The lowest BCUT2D eigenvalue weighted by Gasteiger charge is -2.25. The zero-order valence-electron chi connectivity index (χ0n) is 12.9. The number of carbonyl (C=O) groups excluding carboxylic acids is 1. The Bertz CT molecular complexity index is 547. The van der Waals surface area contributed by atoms with Crippen LogP contribution in [0.3, 0.4) is 0 Å². The molecule has 0 unspecified atom stereocenters. The molecule has 0 aromatic heterocycles. The molecule has 1 aliphatic rings. The van der Waals surface area contributed by atoms with Gasteiger partial charge in [0.2, 0.25) is 0 Å². The first-order valence-corrected chi connectivity index (χ1v) is 7.68. The molecular formula is C17H23N3O. The van der Waals surface area contributed by atoms with Crippen LogP contribution in [0.5, 0.6) is 0 Å². The van der Waals surface area contributed by atoms with Crippen LogP contribution < -0.4 is 4.90 Å². The first-order chi connectivity index (χ1) is 10.2. The van der Waals surface area contributed by atoms with Crippen molar-refractivity contribution in [1.82, 2.24) is 4.90 Å². The molecule has 1 fully saturated rings. The van der Waals surface area contributed by atoms with Gasteiger partial charge in [0.25, 0.3) is 0 Å². The van der Waals surface area contributed by atoms with Crippen LogP contribution in [0.1, 0.15) is 42.6 Å². The van der Waals surface area contributed by atoms with Gasteiger partial charge in [0.05, 0.1) is 11.6 Å². The SMILES string of the molecule is CCCN1CCCN(c2cc(C#N)ccc2C(C)=O)CC1. The number of carbonyl (C=O) groups is 1. The van der Waals surface area contributed by atoms with Gasteiger partial charge in [-0.15, -0.1) is 0 Å². The molecule has 0 radical (unpaired) electrons. The minimum Gasteiger partial charge on any atom is -0.370 e. The van der Waals surface area contributed by atoms with E-state index in [4.69, 9.17) is 5.26 Å². The number of anilines is 1. The number of Topliss-reactive ketones (excluding diaryl/α,β-unsaturated/α-hetero) is 1. The number of benzene rings is 1. The molecule has 4 nitrogen and oxygen atoms in total. The van der Waals surface area contributed by atoms with E-state index in [2.05, 4.69) is 22.8 Å². The highest BCUT2D eigenvalue weighted by molar-refractivity contribution is 6.00. The van der Waals surface area contributed by atoms with Crippen LogP contribution in [0.15, 0.2) is 18.2 Å². The van der Waals surface area contributed by atoms with Crippen LogP contribution >= 0.6 is 0 Å². The van der Waals surface area contributed by atoms with Crippen molar-refractivity contribution in [3.63, 3.8) is 0 Å². The van der Waals surface area contributed by atoms with E-state index in [0.717, 1.165) is 50.4 Å². The quantitative estimate of drug-likeness (QED) is 0.798. The van der Waals surface area contributed by atoms with Crippen molar-refractivity contribution in [3.05, 3.63) is 29.3 Å². The summed E-state index contributed by atoms with van der Waals surface area (Å²) in [6.45, 7) is 8.90. The second-order valence-electron chi connectivity index (χ2n) is 5.58. The van der Waals surface area contributed by atoms with Gasteiger partial charge in [-0.05, 0) is 51.1 Å². The molecule has 0 spiro atoms. The van der Waals surface area contributed by atoms with E-state index in [9.17, 15) is 4.79 Å². The fourth-order valence-corrected chi connectivity index (χ4v) is 2.91. The van der Waals surface area contributed by atoms with Gasteiger partial charge in [0, 0.05) is 30.9 Å². The Morgan fingerprint density at radius 3 is 2.76 bits per heavy atom. The van der Waals surface area contributed by atoms with E-state index >= 15 is 0 Å². The Balaban J connectivity index is 2.24. The van der Waals surface area contributed by atoms with E-state index in [1.807, 2.05) is 6.07 Å². The summed E-state index contributed by atoms with van der Waals surface area (Å²) in [5.41, 5.74) is 2.25. The maximum absolute atomic E-state index is 11.8. The maximum atomic E-state index is 11.8. The zero-order valence-corrected chi connectivity index (χ0v) is 12.9. The minimum atomic E-state index is 0.0594. The largest absolute Gasteiger partial charge is 0.370 e. The first-order valence-electron chi connectivity index (χ1n) is 7.68. The Hall–Kier alpha value is -1.86. The van der Waals surface area contributed by atoms with Crippen molar-refractivity contribution in [2.24, 2.45) is 0 Å². The minimum absolute atomic E-state index is 0.0594. The fourth-order valence-electron chi connectivity index (χ4n) is 2.91. The number of hydrogen-bond acceptors (Lipinski definition) is 4. The van der Waals surface area contributed by atoms with Gasteiger partial charge in [-0.2, -0.15) is 5.26 Å². The van der Waals surface area contributed by atoms with Crippen LogP contribution in [-0.4, -0.2) is 43.4 Å². The first kappa shape index (κ1) is 15.5. The topological polar surface area (TPSA) is 47.3 Å². The summed E-state index contributed by atoms with van der Waals surface area (Å²) in [4.78, 5) is 16.6. The molecule has 1 heterocycles. The molecule has 1 aliphatic heterocycles. The Morgan fingerprint density at radius 1 is 1.29 bits per heavy atom. The van der Waals surface area contributed by atoms with E-state index < -0.39 is 0 Å². The van der Waals surface area contributed by atoms with Crippen LogP contribution in [-0.2, 0) is 0 Å². The van der Waals surface area contributed by atoms with E-state index in [1.54, 1.807) is 19.1 Å². The van der Waals surface area contributed by atoms with Gasteiger partial charge in [0.15, 0.2) is 5.78 Å². The Morgan fingerprint density at radius 2 is 2.10 bits per heavy atom. The van der Waals surface area contributed by atoms with E-state index in [1.165, 1.54) is 6.42 Å². The van der Waals surface area contributed by atoms with Gasteiger partial charge in [-0.25, -0.2) is 0 Å². The van der Waals surface area contributed by atoms with Crippen molar-refractivity contribution in [2.75, 3.05) is 37.6 Å². The van der Waals surface area contributed by atoms with Crippen molar-refractivity contribution in [2.45, 2.75) is 26.7 Å².